The molecule has 0 saturated carbocycles. The number of benzene rings is 1. The average Bonchev–Trinajstić information content (AvgIpc) is 3.00. The van der Waals surface area contributed by atoms with E-state index in [0.29, 0.717) is 6.42 Å². The molecule has 0 atom stereocenters. The normalized spacial score (nSPS) is 15.2. The molecule has 1 amide bonds. The third-order valence-corrected chi connectivity index (χ3v) is 4.38. The molecular weight excluding hydrogens is 277 g/mol. The van der Waals surface area contributed by atoms with E-state index < -0.39 is 0 Å². The third kappa shape index (κ3) is 2.90. The number of fused-ring (bicyclic) bond motifs is 1. The highest BCUT2D eigenvalue weighted by Crippen LogP contribution is 2.26. The summed E-state index contributed by atoms with van der Waals surface area (Å²) in [5, 5.41) is 4.04. The second-order valence-electron chi connectivity index (χ2n) is 4.90. The Morgan fingerprint density at radius 1 is 1.45 bits per heavy atom. The Bertz CT molecular complexity index is 628. The van der Waals surface area contributed by atoms with E-state index in [0.717, 1.165) is 47.8 Å². The summed E-state index contributed by atoms with van der Waals surface area (Å²) in [7, 11) is 0. The first-order valence-corrected chi connectivity index (χ1v) is 7.62. The van der Waals surface area contributed by atoms with Gasteiger partial charge in [-0.3, -0.25) is 4.79 Å². The first kappa shape index (κ1) is 13.3. The fourth-order valence-electron chi connectivity index (χ4n) is 2.38. The smallest absolute Gasteiger partial charge is 0.222 e. The molecule has 0 unspecified atom stereocenters. The zero-order chi connectivity index (χ0) is 13.9. The predicted molar refractivity (Wildman–Crippen MR) is 78.5 cm³/mol. The van der Waals surface area contributed by atoms with Gasteiger partial charge in [0.2, 0.25) is 5.91 Å². The first-order chi connectivity index (χ1) is 9.72. The zero-order valence-corrected chi connectivity index (χ0v) is 11.9. The van der Waals surface area contributed by atoms with Crippen molar-refractivity contribution in [2.45, 2.75) is 19.3 Å². The highest BCUT2D eigenvalue weighted by atomic mass is 32.1. The zero-order valence-electron chi connectivity index (χ0n) is 11.1. The molecule has 1 aromatic carbocycles. The third-order valence-electron chi connectivity index (χ3n) is 3.40. The van der Waals surface area contributed by atoms with Gasteiger partial charge in [0.15, 0.2) is 5.13 Å². The van der Waals surface area contributed by atoms with E-state index in [1.807, 2.05) is 4.90 Å². The minimum atomic E-state index is -0.236. The van der Waals surface area contributed by atoms with Crippen LogP contribution in [0.4, 0.5) is 9.52 Å². The van der Waals surface area contributed by atoms with Gasteiger partial charge >= 0.3 is 0 Å². The Hall–Kier alpha value is -1.69. The fourth-order valence-corrected chi connectivity index (χ4v) is 3.30. The number of nitrogens with one attached hydrogen (secondary N) is 1. The number of likely N-dealkylation sites (tertiary alicyclic amines) is 1. The van der Waals surface area contributed by atoms with Gasteiger partial charge in [-0.25, -0.2) is 9.37 Å². The van der Waals surface area contributed by atoms with Crippen LogP contribution in [0, 0.1) is 5.82 Å². The minimum absolute atomic E-state index is 0.236. The summed E-state index contributed by atoms with van der Waals surface area (Å²) in [6.45, 7) is 2.46. The standard InChI is InChI=1S/C14H16FN3OS/c15-10-4-5-11-12(9-10)20-14(17-11)16-6-2-8-18-7-1-3-13(18)19/h4-5,9H,1-3,6-8H2,(H,16,17). The van der Waals surface area contributed by atoms with Crippen LogP contribution < -0.4 is 5.32 Å². The van der Waals surface area contributed by atoms with Gasteiger partial charge in [-0.15, -0.1) is 0 Å². The van der Waals surface area contributed by atoms with Gasteiger partial charge in [0.05, 0.1) is 10.2 Å². The van der Waals surface area contributed by atoms with E-state index in [1.54, 1.807) is 6.07 Å². The average molecular weight is 293 g/mol. The molecule has 0 spiro atoms. The number of carbonyl (C=O) groups excluding carboxylic acids is 1. The maximum Gasteiger partial charge on any atom is 0.222 e. The van der Waals surface area contributed by atoms with Gasteiger partial charge in [-0.1, -0.05) is 11.3 Å². The van der Waals surface area contributed by atoms with Crippen molar-refractivity contribution in [3.8, 4) is 0 Å². The van der Waals surface area contributed by atoms with Crippen LogP contribution in [-0.2, 0) is 4.79 Å². The van der Waals surface area contributed by atoms with Crippen LogP contribution in [0.2, 0.25) is 0 Å². The second-order valence-corrected chi connectivity index (χ2v) is 5.93. The number of amides is 1. The summed E-state index contributed by atoms with van der Waals surface area (Å²) in [6.07, 6.45) is 2.57. The van der Waals surface area contributed by atoms with Gasteiger partial charge in [0.1, 0.15) is 5.82 Å². The molecule has 0 bridgehead atoms. The number of rotatable bonds is 5. The molecule has 1 fully saturated rings. The van der Waals surface area contributed by atoms with E-state index in [1.165, 1.54) is 23.5 Å². The lowest BCUT2D eigenvalue weighted by molar-refractivity contribution is -0.127. The molecule has 4 nitrogen and oxygen atoms in total. The maximum absolute atomic E-state index is 13.1. The summed E-state index contributed by atoms with van der Waals surface area (Å²) in [5.41, 5.74) is 0.814. The molecule has 1 aromatic heterocycles. The van der Waals surface area contributed by atoms with Crippen molar-refractivity contribution in [2.75, 3.05) is 25.0 Å². The largest absolute Gasteiger partial charge is 0.361 e. The molecule has 1 aliphatic heterocycles. The van der Waals surface area contributed by atoms with Crippen molar-refractivity contribution >= 4 is 32.6 Å². The molecule has 2 aromatic rings. The quantitative estimate of drug-likeness (QED) is 0.862. The van der Waals surface area contributed by atoms with E-state index >= 15 is 0 Å². The van der Waals surface area contributed by atoms with Crippen LogP contribution in [0.5, 0.6) is 0 Å². The van der Waals surface area contributed by atoms with Crippen LogP contribution >= 0.6 is 11.3 Å². The van der Waals surface area contributed by atoms with Crippen molar-refractivity contribution in [3.63, 3.8) is 0 Å². The molecule has 20 heavy (non-hydrogen) atoms. The number of halogens is 1. The maximum atomic E-state index is 13.1. The van der Waals surface area contributed by atoms with Gasteiger partial charge < -0.3 is 10.2 Å². The Balaban J connectivity index is 1.51. The van der Waals surface area contributed by atoms with Gasteiger partial charge in [-0.2, -0.15) is 0 Å². The van der Waals surface area contributed by atoms with E-state index in [4.69, 9.17) is 0 Å². The van der Waals surface area contributed by atoms with Crippen LogP contribution in [0.25, 0.3) is 10.2 Å². The molecule has 106 valence electrons. The number of nitrogens with zero attached hydrogens (tertiary/aromatic N) is 2. The summed E-state index contributed by atoms with van der Waals surface area (Å²) in [4.78, 5) is 17.8. The number of hydrogen-bond donors (Lipinski definition) is 1. The molecule has 3 rings (SSSR count). The van der Waals surface area contributed by atoms with Crippen molar-refractivity contribution in [1.29, 1.82) is 0 Å². The monoisotopic (exact) mass is 293 g/mol. The summed E-state index contributed by atoms with van der Waals surface area (Å²) in [6, 6.07) is 4.61. The minimum Gasteiger partial charge on any atom is -0.361 e. The first-order valence-electron chi connectivity index (χ1n) is 6.80. The number of carbonyl (C=O) groups is 1. The van der Waals surface area contributed by atoms with Crippen LogP contribution in [0.1, 0.15) is 19.3 Å². The summed E-state index contributed by atoms with van der Waals surface area (Å²) >= 11 is 1.45. The molecule has 6 heteroatoms. The number of thiazole rings is 1. The molecule has 2 heterocycles. The van der Waals surface area contributed by atoms with Crippen molar-refractivity contribution < 1.29 is 9.18 Å². The molecule has 1 aliphatic rings. The molecule has 1 saturated heterocycles. The Morgan fingerprint density at radius 2 is 2.35 bits per heavy atom. The van der Waals surface area contributed by atoms with Crippen molar-refractivity contribution in [1.82, 2.24) is 9.88 Å². The Morgan fingerprint density at radius 3 is 3.15 bits per heavy atom. The van der Waals surface area contributed by atoms with Crippen LogP contribution in [-0.4, -0.2) is 35.4 Å². The Kier molecular flexibility index (Phi) is 3.82. The number of anilines is 1. The van der Waals surface area contributed by atoms with E-state index in [9.17, 15) is 9.18 Å². The fraction of sp³-hybridized carbons (Fsp3) is 0.429. The molecule has 1 N–H and O–H groups in total. The number of hydrogen-bond acceptors (Lipinski definition) is 4. The SMILES string of the molecule is O=C1CCCN1CCCNc1nc2ccc(F)cc2s1. The summed E-state index contributed by atoms with van der Waals surface area (Å²) in [5.74, 6) is 0.0284. The van der Waals surface area contributed by atoms with Crippen molar-refractivity contribution in [2.24, 2.45) is 0 Å². The van der Waals surface area contributed by atoms with E-state index in [2.05, 4.69) is 10.3 Å². The lowest BCUT2D eigenvalue weighted by atomic mass is 10.3. The van der Waals surface area contributed by atoms with Gasteiger partial charge in [0, 0.05) is 26.1 Å². The van der Waals surface area contributed by atoms with Gasteiger partial charge in [0.25, 0.3) is 0 Å². The Labute approximate surface area is 120 Å². The predicted octanol–water partition coefficient (Wildman–Crippen LogP) is 2.86. The van der Waals surface area contributed by atoms with Gasteiger partial charge in [-0.05, 0) is 31.0 Å². The molecule has 0 radical (unpaired) electrons. The topological polar surface area (TPSA) is 45.2 Å². The molecular formula is C14H16FN3OS. The second kappa shape index (κ2) is 5.75. The lowest BCUT2D eigenvalue weighted by Crippen LogP contribution is -2.26. The highest BCUT2D eigenvalue weighted by molar-refractivity contribution is 7.22. The lowest BCUT2D eigenvalue weighted by Gasteiger charge is -2.14. The highest BCUT2D eigenvalue weighted by Gasteiger charge is 2.18. The number of aromatic nitrogens is 1. The summed E-state index contributed by atoms with van der Waals surface area (Å²) < 4.78 is 13.9. The van der Waals surface area contributed by atoms with Crippen molar-refractivity contribution in [3.05, 3.63) is 24.0 Å². The van der Waals surface area contributed by atoms with E-state index in [-0.39, 0.29) is 11.7 Å². The van der Waals surface area contributed by atoms with Crippen LogP contribution in [0.3, 0.4) is 0 Å². The molecule has 0 aliphatic carbocycles. The van der Waals surface area contributed by atoms with Crippen LogP contribution in [0.15, 0.2) is 18.2 Å².